The van der Waals surface area contributed by atoms with Gasteiger partial charge in [-0.3, -0.25) is 0 Å². The molecule has 102 valence electrons. The molecule has 2 heterocycles. The number of thiophene rings is 1. The molecule has 0 amide bonds. The number of likely N-dealkylation sites (tertiary alicyclic amines) is 1. The second-order valence-corrected chi connectivity index (χ2v) is 6.85. The fraction of sp³-hybridized carbons (Fsp3) is 0.692. The van der Waals surface area contributed by atoms with Gasteiger partial charge in [-0.2, -0.15) is 0 Å². The third kappa shape index (κ3) is 4.63. The Balaban J connectivity index is 1.60. The molecule has 0 unspecified atom stereocenters. The first kappa shape index (κ1) is 14.5. The molecule has 0 saturated carbocycles. The summed E-state index contributed by atoms with van der Waals surface area (Å²) < 4.78 is 1.19. The molecule has 3 N–H and O–H groups in total. The maximum Gasteiger partial charge on any atom is 0.0300 e. The van der Waals surface area contributed by atoms with E-state index in [1.54, 1.807) is 0 Å². The number of nitrogens with two attached hydrogens (primary N) is 1. The lowest BCUT2D eigenvalue weighted by Gasteiger charge is -2.31. The van der Waals surface area contributed by atoms with E-state index in [1.165, 1.54) is 35.3 Å². The Morgan fingerprint density at radius 1 is 1.44 bits per heavy atom. The highest BCUT2D eigenvalue weighted by molar-refractivity contribution is 9.10. The summed E-state index contributed by atoms with van der Waals surface area (Å²) in [5.74, 6) is 0.836. The van der Waals surface area contributed by atoms with Crippen LogP contribution in [0.2, 0.25) is 0 Å². The molecule has 1 aromatic heterocycles. The van der Waals surface area contributed by atoms with Crippen LogP contribution in [0.3, 0.4) is 0 Å². The Labute approximate surface area is 122 Å². The van der Waals surface area contributed by atoms with Crippen LogP contribution in [-0.4, -0.2) is 37.6 Å². The second-order valence-electron chi connectivity index (χ2n) is 4.94. The molecule has 2 rings (SSSR count). The first-order valence-corrected chi connectivity index (χ1v) is 8.31. The minimum atomic E-state index is 0.788. The SMILES string of the molecule is NCCN1CCC(CNCc2cc(Br)cs2)CC1. The number of halogens is 1. The number of nitrogens with zero attached hydrogens (tertiary/aromatic N) is 1. The molecule has 3 nitrogen and oxygen atoms in total. The second kappa shape index (κ2) is 7.60. The zero-order chi connectivity index (χ0) is 12.8. The Bertz CT molecular complexity index is 348. The maximum atomic E-state index is 5.58. The zero-order valence-corrected chi connectivity index (χ0v) is 13.1. The first-order valence-electron chi connectivity index (χ1n) is 6.64. The molecule has 1 saturated heterocycles. The summed E-state index contributed by atoms with van der Waals surface area (Å²) in [5, 5.41) is 5.72. The average molecular weight is 332 g/mol. The molecule has 0 atom stereocenters. The van der Waals surface area contributed by atoms with Crippen LogP contribution in [-0.2, 0) is 6.54 Å². The van der Waals surface area contributed by atoms with Crippen LogP contribution < -0.4 is 11.1 Å². The monoisotopic (exact) mass is 331 g/mol. The third-order valence-electron chi connectivity index (χ3n) is 3.51. The average Bonchev–Trinajstić information content (AvgIpc) is 2.78. The summed E-state index contributed by atoms with van der Waals surface area (Å²) in [6, 6.07) is 2.20. The van der Waals surface area contributed by atoms with Crippen molar-refractivity contribution in [2.45, 2.75) is 19.4 Å². The Morgan fingerprint density at radius 3 is 2.83 bits per heavy atom. The van der Waals surface area contributed by atoms with Gasteiger partial charge in [-0.15, -0.1) is 11.3 Å². The van der Waals surface area contributed by atoms with E-state index >= 15 is 0 Å². The van der Waals surface area contributed by atoms with E-state index in [2.05, 4.69) is 37.6 Å². The quantitative estimate of drug-likeness (QED) is 0.840. The van der Waals surface area contributed by atoms with Crippen molar-refractivity contribution in [3.63, 3.8) is 0 Å². The molecule has 1 fully saturated rings. The van der Waals surface area contributed by atoms with Crippen LogP contribution in [0.5, 0.6) is 0 Å². The van der Waals surface area contributed by atoms with Crippen molar-refractivity contribution in [3.05, 3.63) is 20.8 Å². The Hall–Kier alpha value is 0.0600. The highest BCUT2D eigenvalue weighted by atomic mass is 79.9. The van der Waals surface area contributed by atoms with Crippen molar-refractivity contribution in [3.8, 4) is 0 Å². The largest absolute Gasteiger partial charge is 0.329 e. The van der Waals surface area contributed by atoms with Gasteiger partial charge in [0.1, 0.15) is 0 Å². The molecule has 0 aromatic carbocycles. The molecule has 0 spiro atoms. The predicted molar refractivity (Wildman–Crippen MR) is 81.9 cm³/mol. The van der Waals surface area contributed by atoms with Crippen LogP contribution in [0.1, 0.15) is 17.7 Å². The normalized spacial score (nSPS) is 18.3. The standard InChI is InChI=1S/C13H22BrN3S/c14-12-7-13(18-10-12)9-16-8-11-1-4-17(5-2-11)6-3-15/h7,10-11,16H,1-6,8-9,15H2. The third-order valence-corrected chi connectivity index (χ3v) is 5.20. The summed E-state index contributed by atoms with van der Waals surface area (Å²) >= 11 is 5.30. The molecule has 1 aromatic rings. The highest BCUT2D eigenvalue weighted by Crippen LogP contribution is 2.20. The van der Waals surface area contributed by atoms with Gasteiger partial charge < -0.3 is 16.0 Å². The van der Waals surface area contributed by atoms with Crippen molar-refractivity contribution in [2.75, 3.05) is 32.7 Å². The molecular formula is C13H22BrN3S. The molecule has 18 heavy (non-hydrogen) atoms. The van der Waals surface area contributed by atoms with E-state index in [0.29, 0.717) is 0 Å². The van der Waals surface area contributed by atoms with Gasteiger partial charge in [0.15, 0.2) is 0 Å². The molecule has 0 radical (unpaired) electrons. The number of rotatable bonds is 6. The van der Waals surface area contributed by atoms with Crippen molar-refractivity contribution in [1.82, 2.24) is 10.2 Å². The van der Waals surface area contributed by atoms with E-state index in [9.17, 15) is 0 Å². The van der Waals surface area contributed by atoms with Gasteiger partial charge in [0.25, 0.3) is 0 Å². The van der Waals surface area contributed by atoms with Crippen LogP contribution in [0, 0.1) is 5.92 Å². The lowest BCUT2D eigenvalue weighted by atomic mass is 9.97. The van der Waals surface area contributed by atoms with Gasteiger partial charge in [-0.05, 0) is 60.4 Å². The van der Waals surface area contributed by atoms with E-state index in [4.69, 9.17) is 5.73 Å². The summed E-state index contributed by atoms with van der Waals surface area (Å²) in [6.07, 6.45) is 2.61. The molecular weight excluding hydrogens is 310 g/mol. The lowest BCUT2D eigenvalue weighted by molar-refractivity contribution is 0.186. The van der Waals surface area contributed by atoms with Gasteiger partial charge in [0.2, 0.25) is 0 Å². The smallest absolute Gasteiger partial charge is 0.0300 e. The van der Waals surface area contributed by atoms with E-state index in [-0.39, 0.29) is 0 Å². The summed E-state index contributed by atoms with van der Waals surface area (Å²) in [6.45, 7) is 6.42. The van der Waals surface area contributed by atoms with Crippen molar-refractivity contribution < 1.29 is 0 Å². The van der Waals surface area contributed by atoms with Gasteiger partial charge in [0.05, 0.1) is 0 Å². The van der Waals surface area contributed by atoms with Crippen LogP contribution in [0.15, 0.2) is 15.9 Å². The lowest BCUT2D eigenvalue weighted by Crippen LogP contribution is -2.39. The molecule has 0 aliphatic carbocycles. The van der Waals surface area contributed by atoms with Gasteiger partial charge in [-0.1, -0.05) is 0 Å². The van der Waals surface area contributed by atoms with Crippen molar-refractivity contribution in [1.29, 1.82) is 0 Å². The fourth-order valence-electron chi connectivity index (χ4n) is 2.44. The van der Waals surface area contributed by atoms with E-state index in [1.807, 2.05) is 11.3 Å². The first-order chi connectivity index (χ1) is 8.78. The summed E-state index contributed by atoms with van der Waals surface area (Å²) in [5.41, 5.74) is 5.58. The minimum Gasteiger partial charge on any atom is -0.329 e. The fourth-order valence-corrected chi connectivity index (χ4v) is 3.86. The van der Waals surface area contributed by atoms with Gasteiger partial charge in [-0.25, -0.2) is 0 Å². The van der Waals surface area contributed by atoms with Gasteiger partial charge >= 0.3 is 0 Å². The Morgan fingerprint density at radius 2 is 2.22 bits per heavy atom. The maximum absolute atomic E-state index is 5.58. The number of piperidine rings is 1. The van der Waals surface area contributed by atoms with Crippen LogP contribution >= 0.6 is 27.3 Å². The van der Waals surface area contributed by atoms with Crippen molar-refractivity contribution >= 4 is 27.3 Å². The molecule has 1 aliphatic heterocycles. The minimum absolute atomic E-state index is 0.788. The topological polar surface area (TPSA) is 41.3 Å². The highest BCUT2D eigenvalue weighted by Gasteiger charge is 2.17. The summed E-state index contributed by atoms with van der Waals surface area (Å²) in [7, 11) is 0. The number of hydrogen-bond donors (Lipinski definition) is 2. The van der Waals surface area contributed by atoms with Crippen molar-refractivity contribution in [2.24, 2.45) is 11.7 Å². The zero-order valence-electron chi connectivity index (χ0n) is 10.7. The van der Waals surface area contributed by atoms with E-state index < -0.39 is 0 Å². The summed E-state index contributed by atoms with van der Waals surface area (Å²) in [4.78, 5) is 3.88. The van der Waals surface area contributed by atoms with Gasteiger partial charge in [0, 0.05) is 34.4 Å². The Kier molecular flexibility index (Phi) is 6.11. The molecule has 0 bridgehead atoms. The predicted octanol–water partition coefficient (Wildman–Crippen LogP) is 2.27. The number of nitrogens with one attached hydrogen (secondary N) is 1. The van der Waals surface area contributed by atoms with E-state index in [0.717, 1.165) is 32.1 Å². The van der Waals surface area contributed by atoms with Crippen LogP contribution in [0.25, 0.3) is 0 Å². The number of hydrogen-bond acceptors (Lipinski definition) is 4. The molecule has 5 heteroatoms. The van der Waals surface area contributed by atoms with Crippen LogP contribution in [0.4, 0.5) is 0 Å². The molecule has 1 aliphatic rings.